The summed E-state index contributed by atoms with van der Waals surface area (Å²) in [6.45, 7) is 0. The molecule has 3 aliphatic rings. The monoisotopic (exact) mass is 304 g/mol. The van der Waals surface area contributed by atoms with E-state index in [1.165, 1.54) is 11.1 Å². The molecule has 23 heavy (non-hydrogen) atoms. The fourth-order valence-electron chi connectivity index (χ4n) is 3.74. The number of benzene rings is 1. The second-order valence-electron chi connectivity index (χ2n) is 6.15. The van der Waals surface area contributed by atoms with Crippen LogP contribution in [0.5, 0.6) is 0 Å². The summed E-state index contributed by atoms with van der Waals surface area (Å²) in [5, 5.41) is 8.80. The van der Waals surface area contributed by atoms with Gasteiger partial charge >= 0.3 is 5.97 Å². The van der Waals surface area contributed by atoms with Crippen LogP contribution in [-0.2, 0) is 4.79 Å². The molecule has 2 atom stereocenters. The first-order valence-corrected chi connectivity index (χ1v) is 7.82. The molecule has 0 amide bonds. The molecule has 2 unspecified atom stereocenters. The molecule has 114 valence electrons. The van der Waals surface area contributed by atoms with Crippen molar-refractivity contribution in [1.29, 1.82) is 0 Å². The molecule has 0 spiro atoms. The van der Waals surface area contributed by atoms with Gasteiger partial charge in [-0.1, -0.05) is 54.7 Å². The van der Waals surface area contributed by atoms with E-state index in [9.17, 15) is 9.59 Å². The highest BCUT2D eigenvalue weighted by atomic mass is 16.4. The van der Waals surface area contributed by atoms with Crippen LogP contribution in [0.3, 0.4) is 0 Å². The molecule has 3 aliphatic carbocycles. The van der Waals surface area contributed by atoms with Gasteiger partial charge in [-0.15, -0.1) is 0 Å². The minimum absolute atomic E-state index is 0.0431. The van der Waals surface area contributed by atoms with E-state index in [0.29, 0.717) is 11.5 Å². The maximum atomic E-state index is 12.4. The highest BCUT2D eigenvalue weighted by Gasteiger charge is 2.33. The lowest BCUT2D eigenvalue weighted by Gasteiger charge is -2.35. The Labute approximate surface area is 134 Å². The molecule has 4 rings (SSSR count). The number of aliphatic carboxylic acids is 1. The van der Waals surface area contributed by atoms with Crippen LogP contribution in [0, 0.1) is 5.92 Å². The molecule has 1 aromatic carbocycles. The molecular weight excluding hydrogens is 288 g/mol. The number of hydrogen-bond acceptors (Lipinski definition) is 2. The molecule has 0 aliphatic heterocycles. The average Bonchev–Trinajstić information content (AvgIpc) is 2.57. The lowest BCUT2D eigenvalue weighted by atomic mass is 9.68. The molecule has 0 fully saturated rings. The molecule has 0 saturated carbocycles. The highest BCUT2D eigenvalue weighted by Crippen LogP contribution is 2.47. The van der Waals surface area contributed by atoms with Crippen molar-refractivity contribution in [3.05, 3.63) is 70.3 Å². The average molecular weight is 304 g/mol. The molecule has 0 radical (unpaired) electrons. The first kappa shape index (κ1) is 13.9. The molecular formula is C20H16O3. The molecule has 3 heteroatoms. The predicted molar refractivity (Wildman–Crippen MR) is 89.2 cm³/mol. The number of carboxylic acid groups (broad SMARTS) is 1. The van der Waals surface area contributed by atoms with E-state index in [4.69, 9.17) is 5.11 Å². The van der Waals surface area contributed by atoms with Gasteiger partial charge in [-0.05, 0) is 22.3 Å². The second-order valence-corrected chi connectivity index (χ2v) is 6.15. The number of allylic oxidation sites excluding steroid dienone is 6. The molecule has 1 aromatic rings. The zero-order chi connectivity index (χ0) is 16.0. The Morgan fingerprint density at radius 3 is 2.74 bits per heavy atom. The Hall–Kier alpha value is -2.68. The number of rotatable bonds is 4. The van der Waals surface area contributed by atoms with Crippen molar-refractivity contribution in [2.75, 3.05) is 0 Å². The van der Waals surface area contributed by atoms with Gasteiger partial charge in [-0.2, -0.15) is 0 Å². The lowest BCUT2D eigenvalue weighted by Crippen LogP contribution is -2.22. The van der Waals surface area contributed by atoms with Gasteiger partial charge < -0.3 is 5.11 Å². The number of Topliss-reactive ketones (excluding diaryl/α,β-unsaturated/α-hetero) is 1. The summed E-state index contributed by atoms with van der Waals surface area (Å²) in [5.74, 6) is -0.436. The lowest BCUT2D eigenvalue weighted by molar-refractivity contribution is -0.136. The van der Waals surface area contributed by atoms with Gasteiger partial charge in [0.2, 0.25) is 0 Å². The highest BCUT2D eigenvalue weighted by molar-refractivity contribution is 6.02. The maximum absolute atomic E-state index is 12.4. The summed E-state index contributed by atoms with van der Waals surface area (Å²) < 4.78 is 0. The van der Waals surface area contributed by atoms with Crippen LogP contribution in [0.15, 0.2) is 48.1 Å². The number of carbonyl (C=O) groups excluding carboxylic acids is 1. The largest absolute Gasteiger partial charge is 0.481 e. The molecule has 1 N–H and O–H groups in total. The standard InChI is InChI=1S/C20H16O3/c21-17(10-11-18(22)23)15-8-6-14-5-4-12-2-1-3-13-7-9-16(15)20(14)19(12)13/h1-9,12,19H,10-11H2,(H,22,23). The summed E-state index contributed by atoms with van der Waals surface area (Å²) in [5.41, 5.74) is 5.23. The van der Waals surface area contributed by atoms with Gasteiger partial charge in [-0.25, -0.2) is 0 Å². The van der Waals surface area contributed by atoms with Crippen molar-refractivity contribution in [3.63, 3.8) is 0 Å². The minimum Gasteiger partial charge on any atom is -0.481 e. The number of carbonyl (C=O) groups is 2. The van der Waals surface area contributed by atoms with Crippen LogP contribution in [-0.4, -0.2) is 16.9 Å². The summed E-state index contributed by atoms with van der Waals surface area (Å²) in [4.78, 5) is 23.2. The quantitative estimate of drug-likeness (QED) is 0.856. The van der Waals surface area contributed by atoms with Gasteiger partial charge in [0.05, 0.1) is 6.42 Å². The van der Waals surface area contributed by atoms with E-state index in [1.807, 2.05) is 18.2 Å². The van der Waals surface area contributed by atoms with Gasteiger partial charge in [0.25, 0.3) is 0 Å². The van der Waals surface area contributed by atoms with E-state index in [-0.39, 0.29) is 24.5 Å². The number of ketones is 1. The van der Waals surface area contributed by atoms with Crippen molar-refractivity contribution >= 4 is 23.9 Å². The van der Waals surface area contributed by atoms with Crippen LogP contribution < -0.4 is 0 Å². The van der Waals surface area contributed by atoms with Crippen molar-refractivity contribution in [3.8, 4) is 0 Å². The van der Waals surface area contributed by atoms with E-state index >= 15 is 0 Å². The van der Waals surface area contributed by atoms with Crippen LogP contribution in [0.1, 0.15) is 45.8 Å². The third-order valence-electron chi connectivity index (χ3n) is 4.80. The first-order chi connectivity index (χ1) is 11.1. The number of hydrogen-bond donors (Lipinski definition) is 1. The summed E-state index contributed by atoms with van der Waals surface area (Å²) in [6.07, 6.45) is 14.7. The Bertz CT molecular complexity index is 837. The number of carboxylic acids is 1. The zero-order valence-electron chi connectivity index (χ0n) is 12.5. The third kappa shape index (κ3) is 2.20. The smallest absolute Gasteiger partial charge is 0.303 e. The summed E-state index contributed by atoms with van der Waals surface area (Å²) >= 11 is 0. The van der Waals surface area contributed by atoms with Gasteiger partial charge in [0.15, 0.2) is 5.78 Å². The van der Waals surface area contributed by atoms with E-state index < -0.39 is 5.97 Å². The van der Waals surface area contributed by atoms with Gasteiger partial charge in [0.1, 0.15) is 0 Å². The topological polar surface area (TPSA) is 54.4 Å². The molecule has 3 nitrogen and oxygen atoms in total. The van der Waals surface area contributed by atoms with Crippen molar-refractivity contribution in [2.45, 2.75) is 18.8 Å². The summed E-state index contributed by atoms with van der Waals surface area (Å²) in [7, 11) is 0. The van der Waals surface area contributed by atoms with Crippen LogP contribution in [0.2, 0.25) is 0 Å². The Balaban J connectivity index is 1.81. The molecule has 0 bridgehead atoms. The first-order valence-electron chi connectivity index (χ1n) is 7.82. The van der Waals surface area contributed by atoms with Crippen molar-refractivity contribution in [2.24, 2.45) is 5.92 Å². The molecule has 0 heterocycles. The van der Waals surface area contributed by atoms with E-state index in [0.717, 1.165) is 11.1 Å². The Morgan fingerprint density at radius 2 is 1.91 bits per heavy atom. The van der Waals surface area contributed by atoms with Crippen LogP contribution >= 0.6 is 0 Å². The van der Waals surface area contributed by atoms with Crippen molar-refractivity contribution < 1.29 is 14.7 Å². The van der Waals surface area contributed by atoms with Gasteiger partial charge in [0, 0.05) is 23.8 Å². The second kappa shape index (κ2) is 5.20. The third-order valence-corrected chi connectivity index (χ3v) is 4.80. The summed E-state index contributed by atoms with van der Waals surface area (Å²) in [6, 6.07) is 3.81. The van der Waals surface area contributed by atoms with E-state index in [1.54, 1.807) is 0 Å². The Morgan fingerprint density at radius 1 is 1.04 bits per heavy atom. The fourth-order valence-corrected chi connectivity index (χ4v) is 3.74. The van der Waals surface area contributed by atoms with Crippen LogP contribution in [0.4, 0.5) is 0 Å². The van der Waals surface area contributed by atoms with Crippen molar-refractivity contribution in [1.82, 2.24) is 0 Å². The minimum atomic E-state index is -0.939. The Kier molecular flexibility index (Phi) is 3.15. The zero-order valence-corrected chi connectivity index (χ0v) is 12.5. The molecule has 0 aromatic heterocycles. The predicted octanol–water partition coefficient (Wildman–Crippen LogP) is 3.98. The fraction of sp³-hybridized carbons (Fsp3) is 0.200. The normalized spacial score (nSPS) is 22.5. The van der Waals surface area contributed by atoms with Gasteiger partial charge in [-0.3, -0.25) is 9.59 Å². The van der Waals surface area contributed by atoms with E-state index in [2.05, 4.69) is 36.5 Å². The molecule has 0 saturated heterocycles. The SMILES string of the molecule is O=C(O)CCC(=O)c1ccc2c3c1C=CC1=CC=CC(C=C2)C13. The van der Waals surface area contributed by atoms with Crippen LogP contribution in [0.25, 0.3) is 12.2 Å². The maximum Gasteiger partial charge on any atom is 0.303 e.